The third kappa shape index (κ3) is 6.05. The Kier molecular flexibility index (Phi) is 7.85. The summed E-state index contributed by atoms with van der Waals surface area (Å²) >= 11 is 0. The molecular weight excluding hydrogens is 284 g/mol. The van der Waals surface area contributed by atoms with E-state index in [2.05, 4.69) is 18.8 Å². The van der Waals surface area contributed by atoms with Crippen molar-refractivity contribution in [1.82, 2.24) is 5.32 Å². The number of unbranched alkanes of at least 4 members (excludes halogenated alkanes) is 2. The fourth-order valence-electron chi connectivity index (χ4n) is 1.84. The molecule has 0 heterocycles. The number of hydrogen-bond acceptors (Lipinski definition) is 5. The van der Waals surface area contributed by atoms with Crippen LogP contribution in [0.5, 0.6) is 0 Å². The molecule has 0 saturated heterocycles. The average Bonchev–Trinajstić information content (AvgIpc) is 2.53. The summed E-state index contributed by atoms with van der Waals surface area (Å²) in [6.45, 7) is 7.17. The van der Waals surface area contributed by atoms with Crippen molar-refractivity contribution in [2.75, 3.05) is 13.1 Å². The third-order valence-electron chi connectivity index (χ3n) is 3.14. The number of ether oxygens (including phenoxy) is 1. The number of benzene rings is 1. The lowest BCUT2D eigenvalue weighted by molar-refractivity contribution is -0.384. The van der Waals surface area contributed by atoms with E-state index < -0.39 is 17.0 Å². The molecule has 0 amide bonds. The van der Waals surface area contributed by atoms with E-state index in [0.717, 1.165) is 25.8 Å². The van der Waals surface area contributed by atoms with Crippen molar-refractivity contribution in [3.63, 3.8) is 0 Å². The van der Waals surface area contributed by atoms with Gasteiger partial charge in [-0.25, -0.2) is 4.79 Å². The van der Waals surface area contributed by atoms with E-state index in [0.29, 0.717) is 6.54 Å². The molecule has 0 aliphatic rings. The highest BCUT2D eigenvalue weighted by molar-refractivity contribution is 5.89. The van der Waals surface area contributed by atoms with Gasteiger partial charge in [-0.05, 0) is 25.1 Å². The summed E-state index contributed by atoms with van der Waals surface area (Å²) in [4.78, 5) is 22.0. The van der Waals surface area contributed by atoms with Crippen molar-refractivity contribution >= 4 is 11.7 Å². The first-order valence-electron chi connectivity index (χ1n) is 7.37. The van der Waals surface area contributed by atoms with E-state index >= 15 is 0 Å². The molecule has 0 aliphatic carbocycles. The fraction of sp³-hybridized carbons (Fsp3) is 0.438. The highest BCUT2D eigenvalue weighted by atomic mass is 16.6. The molecular formula is C16H22N2O4. The number of carbonyl (C=O) groups is 1. The molecule has 0 spiro atoms. The monoisotopic (exact) mass is 306 g/mol. The zero-order valence-electron chi connectivity index (χ0n) is 12.8. The van der Waals surface area contributed by atoms with Gasteiger partial charge in [0.25, 0.3) is 5.69 Å². The lowest BCUT2D eigenvalue weighted by Crippen LogP contribution is -2.30. The standard InChI is InChI=1S/C16H22N2O4/c1-3-5-6-11-17-12-15(4-2)22-16(19)13-7-9-14(10-8-13)18(20)21/h4,7-10,15,17H,2-3,5-6,11-12H2,1H3/t15-/m0/s1. The van der Waals surface area contributed by atoms with Crippen LogP contribution in [0.3, 0.4) is 0 Å². The second-order valence-electron chi connectivity index (χ2n) is 4.89. The van der Waals surface area contributed by atoms with Crippen molar-refractivity contribution in [3.05, 3.63) is 52.6 Å². The third-order valence-corrected chi connectivity index (χ3v) is 3.14. The number of nitro groups is 1. The van der Waals surface area contributed by atoms with Crippen LogP contribution in [0.4, 0.5) is 5.69 Å². The normalized spacial score (nSPS) is 11.7. The number of nitro benzene ring substituents is 1. The molecule has 0 saturated carbocycles. The molecule has 1 N–H and O–H groups in total. The van der Waals surface area contributed by atoms with Crippen LogP contribution in [0.25, 0.3) is 0 Å². The van der Waals surface area contributed by atoms with Crippen LogP contribution in [-0.2, 0) is 4.74 Å². The molecule has 6 heteroatoms. The summed E-state index contributed by atoms with van der Waals surface area (Å²) in [6.07, 6.45) is 4.53. The number of nitrogens with one attached hydrogen (secondary N) is 1. The molecule has 22 heavy (non-hydrogen) atoms. The lowest BCUT2D eigenvalue weighted by Gasteiger charge is -2.15. The molecule has 6 nitrogen and oxygen atoms in total. The molecule has 0 unspecified atom stereocenters. The SMILES string of the molecule is C=C[C@@H](CNCCCCC)OC(=O)c1ccc([N+](=O)[O-])cc1. The van der Waals surface area contributed by atoms with E-state index in [1.807, 2.05) is 0 Å². The Morgan fingerprint density at radius 2 is 2.09 bits per heavy atom. The maximum absolute atomic E-state index is 12.0. The van der Waals surface area contributed by atoms with Gasteiger partial charge in [-0.3, -0.25) is 10.1 Å². The minimum absolute atomic E-state index is 0.0607. The molecule has 1 aromatic rings. The Hall–Kier alpha value is -2.21. The number of non-ortho nitro benzene ring substituents is 1. The molecule has 120 valence electrons. The molecule has 0 aliphatic heterocycles. The zero-order chi connectivity index (χ0) is 16.4. The van der Waals surface area contributed by atoms with Crippen LogP contribution in [0.2, 0.25) is 0 Å². The van der Waals surface area contributed by atoms with Crippen LogP contribution in [0, 0.1) is 10.1 Å². The van der Waals surface area contributed by atoms with Gasteiger partial charge in [-0.2, -0.15) is 0 Å². The highest BCUT2D eigenvalue weighted by Crippen LogP contribution is 2.13. The Bertz CT molecular complexity index is 499. The van der Waals surface area contributed by atoms with Crippen molar-refractivity contribution in [2.24, 2.45) is 0 Å². The summed E-state index contributed by atoms with van der Waals surface area (Å²) < 4.78 is 5.30. The predicted octanol–water partition coefficient (Wildman–Crippen LogP) is 3.09. The quantitative estimate of drug-likeness (QED) is 0.236. The van der Waals surface area contributed by atoms with Crippen molar-refractivity contribution in [3.8, 4) is 0 Å². The van der Waals surface area contributed by atoms with Crippen LogP contribution >= 0.6 is 0 Å². The second-order valence-corrected chi connectivity index (χ2v) is 4.89. The van der Waals surface area contributed by atoms with Gasteiger partial charge in [0.15, 0.2) is 0 Å². The first kappa shape index (κ1) is 17.8. The molecule has 1 rings (SSSR count). The topological polar surface area (TPSA) is 81.5 Å². The van der Waals surface area contributed by atoms with E-state index in [9.17, 15) is 14.9 Å². The number of carbonyl (C=O) groups excluding carboxylic acids is 1. The van der Waals surface area contributed by atoms with E-state index in [1.54, 1.807) is 6.08 Å². The number of rotatable bonds is 10. The van der Waals surface area contributed by atoms with Gasteiger partial charge in [-0.1, -0.05) is 32.4 Å². The summed E-state index contributed by atoms with van der Waals surface area (Å²) in [6, 6.07) is 5.33. The van der Waals surface area contributed by atoms with Crippen LogP contribution in [-0.4, -0.2) is 30.1 Å². The first-order chi connectivity index (χ1) is 10.6. The molecule has 0 aromatic heterocycles. The largest absolute Gasteiger partial charge is 0.453 e. The Balaban J connectivity index is 2.46. The van der Waals surface area contributed by atoms with E-state index in [-0.39, 0.29) is 11.3 Å². The van der Waals surface area contributed by atoms with Crippen LogP contribution in [0.15, 0.2) is 36.9 Å². The van der Waals surface area contributed by atoms with Gasteiger partial charge in [0, 0.05) is 18.7 Å². The van der Waals surface area contributed by atoms with Gasteiger partial charge in [0.2, 0.25) is 0 Å². The minimum atomic E-state index is -0.518. The van der Waals surface area contributed by atoms with Gasteiger partial charge in [-0.15, -0.1) is 0 Å². The van der Waals surface area contributed by atoms with Crippen molar-refractivity contribution < 1.29 is 14.5 Å². The second kappa shape index (κ2) is 9.68. The molecule has 0 radical (unpaired) electrons. The predicted molar refractivity (Wildman–Crippen MR) is 84.9 cm³/mol. The van der Waals surface area contributed by atoms with Gasteiger partial charge in [0.05, 0.1) is 10.5 Å². The summed E-state index contributed by atoms with van der Waals surface area (Å²) in [5.41, 5.74) is 0.220. The first-order valence-corrected chi connectivity index (χ1v) is 7.37. The number of hydrogen-bond donors (Lipinski definition) is 1. The van der Waals surface area contributed by atoms with Crippen molar-refractivity contribution in [2.45, 2.75) is 32.3 Å². The maximum atomic E-state index is 12.0. The molecule has 1 atom stereocenters. The van der Waals surface area contributed by atoms with E-state index in [1.165, 1.54) is 24.3 Å². The Morgan fingerprint density at radius 1 is 1.41 bits per heavy atom. The lowest BCUT2D eigenvalue weighted by atomic mass is 10.2. The van der Waals surface area contributed by atoms with Crippen molar-refractivity contribution in [1.29, 1.82) is 0 Å². The Labute approximate surface area is 130 Å². The van der Waals surface area contributed by atoms with Gasteiger partial charge < -0.3 is 10.1 Å². The number of esters is 1. The van der Waals surface area contributed by atoms with Crippen LogP contribution < -0.4 is 5.32 Å². The highest BCUT2D eigenvalue weighted by Gasteiger charge is 2.14. The molecule has 0 bridgehead atoms. The Morgan fingerprint density at radius 3 is 2.64 bits per heavy atom. The summed E-state index contributed by atoms with van der Waals surface area (Å²) in [7, 11) is 0. The fourth-order valence-corrected chi connectivity index (χ4v) is 1.84. The average molecular weight is 306 g/mol. The van der Waals surface area contributed by atoms with Gasteiger partial charge in [0.1, 0.15) is 6.10 Å². The summed E-state index contributed by atoms with van der Waals surface area (Å²) in [5, 5.41) is 13.8. The van der Waals surface area contributed by atoms with E-state index in [4.69, 9.17) is 4.74 Å². The zero-order valence-corrected chi connectivity index (χ0v) is 12.8. The van der Waals surface area contributed by atoms with Gasteiger partial charge >= 0.3 is 5.97 Å². The minimum Gasteiger partial charge on any atom is -0.453 e. The molecule has 1 aromatic carbocycles. The maximum Gasteiger partial charge on any atom is 0.338 e. The van der Waals surface area contributed by atoms with Crippen LogP contribution in [0.1, 0.15) is 36.5 Å². The molecule has 0 fully saturated rings. The smallest absolute Gasteiger partial charge is 0.338 e. The summed E-state index contributed by atoms with van der Waals surface area (Å²) in [5.74, 6) is -0.518. The number of nitrogens with zero attached hydrogens (tertiary/aromatic N) is 1.